The summed E-state index contributed by atoms with van der Waals surface area (Å²) in [6.45, 7) is 3.70. The van der Waals surface area contributed by atoms with Gasteiger partial charge in [-0.15, -0.1) is 0 Å². The molecule has 1 spiro atoms. The number of ketones is 1. The maximum atomic E-state index is 12.8. The Morgan fingerprint density at radius 2 is 1.86 bits per heavy atom. The first-order valence-corrected chi connectivity index (χ1v) is 6.63. The molecule has 0 saturated carbocycles. The highest BCUT2D eigenvalue weighted by Crippen LogP contribution is 2.60. The number of allylic oxidation sites excluding steroid dienone is 1. The van der Waals surface area contributed by atoms with Crippen molar-refractivity contribution in [1.82, 2.24) is 0 Å². The molecule has 3 atom stereocenters. The Balaban J connectivity index is 2.31. The summed E-state index contributed by atoms with van der Waals surface area (Å²) in [5, 5.41) is 0. The molecule has 3 aliphatic carbocycles. The van der Waals surface area contributed by atoms with Crippen LogP contribution in [0.4, 0.5) is 0 Å². The number of hydrogen-bond donors (Lipinski definition) is 0. The van der Waals surface area contributed by atoms with E-state index >= 15 is 0 Å². The Labute approximate surface area is 121 Å². The molecule has 2 bridgehead atoms. The first-order valence-electron chi connectivity index (χ1n) is 6.63. The van der Waals surface area contributed by atoms with Crippen LogP contribution in [0.1, 0.15) is 13.8 Å². The minimum absolute atomic E-state index is 0.0681. The number of Topliss-reactive ketones (excluding diaryl/α,β-unsaturated/α-hetero) is 1. The Morgan fingerprint density at radius 1 is 1.29 bits per heavy atom. The smallest absolute Gasteiger partial charge is 0.335 e. The van der Waals surface area contributed by atoms with Gasteiger partial charge in [0.15, 0.2) is 11.4 Å². The Kier molecular flexibility index (Phi) is 2.69. The summed E-state index contributed by atoms with van der Waals surface area (Å²) >= 11 is 0. The molecule has 4 rings (SSSR count). The molecule has 0 aromatic carbocycles. The molecular formula is C15H16O6. The van der Waals surface area contributed by atoms with Gasteiger partial charge in [-0.3, -0.25) is 4.79 Å². The molecule has 0 N–H and O–H groups in total. The lowest BCUT2D eigenvalue weighted by Gasteiger charge is -2.45. The van der Waals surface area contributed by atoms with Crippen molar-refractivity contribution in [2.45, 2.75) is 19.4 Å². The molecule has 6 nitrogen and oxygen atoms in total. The molecule has 1 fully saturated rings. The lowest BCUT2D eigenvalue weighted by Crippen LogP contribution is -2.56. The molecule has 6 heteroatoms. The van der Waals surface area contributed by atoms with Crippen molar-refractivity contribution in [2.75, 3.05) is 20.8 Å². The van der Waals surface area contributed by atoms with E-state index in [1.807, 2.05) is 6.92 Å². The van der Waals surface area contributed by atoms with E-state index in [0.29, 0.717) is 0 Å². The van der Waals surface area contributed by atoms with Crippen molar-refractivity contribution in [3.05, 3.63) is 22.8 Å². The van der Waals surface area contributed by atoms with Crippen molar-refractivity contribution in [3.63, 3.8) is 0 Å². The first-order chi connectivity index (χ1) is 9.83. The summed E-state index contributed by atoms with van der Waals surface area (Å²) in [6, 6.07) is 0. The maximum absolute atomic E-state index is 12.8. The number of hydrogen-bond acceptors (Lipinski definition) is 6. The second-order valence-electron chi connectivity index (χ2n) is 5.80. The number of methoxy groups -OCH3 is 2. The average Bonchev–Trinajstić information content (AvgIpc) is 3.23. The second-order valence-corrected chi connectivity index (χ2v) is 5.80. The SMILES string of the molecule is COC(=O)C1=C(C(=O)OC)[C@]2(C)C=C(C)[C@H]1[C@@]1(CO1)C2=O. The average molecular weight is 292 g/mol. The van der Waals surface area contributed by atoms with E-state index in [4.69, 9.17) is 14.2 Å². The number of ether oxygens (including phenoxy) is 3. The topological polar surface area (TPSA) is 82.2 Å². The number of carbonyl (C=O) groups is 3. The first kappa shape index (κ1) is 14.0. The van der Waals surface area contributed by atoms with Gasteiger partial charge in [-0.05, 0) is 13.8 Å². The van der Waals surface area contributed by atoms with Crippen LogP contribution < -0.4 is 0 Å². The fourth-order valence-corrected chi connectivity index (χ4v) is 3.74. The molecule has 0 aromatic heterocycles. The summed E-state index contributed by atoms with van der Waals surface area (Å²) in [5.74, 6) is -2.08. The van der Waals surface area contributed by atoms with Crippen molar-refractivity contribution in [2.24, 2.45) is 11.3 Å². The third kappa shape index (κ3) is 1.48. The Hall–Kier alpha value is -1.95. The minimum Gasteiger partial charge on any atom is -0.466 e. The molecule has 0 unspecified atom stereocenters. The number of rotatable bonds is 2. The minimum atomic E-state index is -1.22. The molecule has 1 aliphatic heterocycles. The normalized spacial score (nSPS) is 36.7. The van der Waals surface area contributed by atoms with Crippen molar-refractivity contribution in [3.8, 4) is 0 Å². The van der Waals surface area contributed by atoms with Crippen LogP contribution >= 0.6 is 0 Å². The quantitative estimate of drug-likeness (QED) is 0.420. The van der Waals surface area contributed by atoms with E-state index in [1.54, 1.807) is 13.0 Å². The van der Waals surface area contributed by atoms with Crippen LogP contribution in [0, 0.1) is 11.3 Å². The summed E-state index contributed by atoms with van der Waals surface area (Å²) in [6.07, 6.45) is 1.73. The van der Waals surface area contributed by atoms with Gasteiger partial charge in [0.2, 0.25) is 0 Å². The molecule has 0 aromatic rings. The van der Waals surface area contributed by atoms with Crippen LogP contribution in [-0.4, -0.2) is 44.1 Å². The fraction of sp³-hybridized carbons (Fsp3) is 0.533. The summed E-state index contributed by atoms with van der Waals surface area (Å²) < 4.78 is 15.0. The van der Waals surface area contributed by atoms with Crippen LogP contribution in [0.25, 0.3) is 0 Å². The number of epoxide rings is 1. The van der Waals surface area contributed by atoms with Gasteiger partial charge in [0.05, 0.1) is 43.3 Å². The van der Waals surface area contributed by atoms with Gasteiger partial charge in [-0.1, -0.05) is 11.6 Å². The monoisotopic (exact) mass is 292 g/mol. The number of carbonyl (C=O) groups excluding carboxylic acids is 3. The third-order valence-electron chi connectivity index (χ3n) is 4.62. The summed E-state index contributed by atoms with van der Waals surface area (Å²) in [7, 11) is 2.47. The van der Waals surface area contributed by atoms with E-state index < -0.39 is 28.9 Å². The predicted octanol–water partition coefficient (Wildman–Crippen LogP) is 0.563. The molecule has 4 aliphatic rings. The lowest BCUT2D eigenvalue weighted by atomic mass is 9.55. The zero-order valence-corrected chi connectivity index (χ0v) is 12.3. The maximum Gasteiger partial charge on any atom is 0.335 e. The van der Waals surface area contributed by atoms with Gasteiger partial charge in [0.1, 0.15) is 0 Å². The molecule has 21 heavy (non-hydrogen) atoms. The zero-order chi connectivity index (χ0) is 15.6. The van der Waals surface area contributed by atoms with Gasteiger partial charge in [-0.25, -0.2) is 9.59 Å². The lowest BCUT2D eigenvalue weighted by molar-refractivity contribution is -0.145. The highest BCUT2D eigenvalue weighted by molar-refractivity contribution is 6.15. The highest BCUT2D eigenvalue weighted by Gasteiger charge is 2.71. The molecule has 0 radical (unpaired) electrons. The second kappa shape index (κ2) is 4.04. The number of esters is 2. The Morgan fingerprint density at radius 3 is 2.33 bits per heavy atom. The van der Waals surface area contributed by atoms with Crippen LogP contribution in [-0.2, 0) is 28.6 Å². The Bertz CT molecular complexity index is 637. The van der Waals surface area contributed by atoms with Crippen LogP contribution in [0.3, 0.4) is 0 Å². The molecule has 112 valence electrons. The highest BCUT2D eigenvalue weighted by atomic mass is 16.6. The summed E-state index contributed by atoms with van der Waals surface area (Å²) in [5.41, 5.74) is -1.15. The van der Waals surface area contributed by atoms with E-state index in [2.05, 4.69) is 0 Å². The van der Waals surface area contributed by atoms with Gasteiger partial charge >= 0.3 is 11.9 Å². The molecule has 1 heterocycles. The fourth-order valence-electron chi connectivity index (χ4n) is 3.74. The van der Waals surface area contributed by atoms with E-state index in [9.17, 15) is 14.4 Å². The molecule has 1 saturated heterocycles. The predicted molar refractivity (Wildman–Crippen MR) is 70.1 cm³/mol. The van der Waals surface area contributed by atoms with E-state index in [-0.39, 0.29) is 23.5 Å². The van der Waals surface area contributed by atoms with E-state index in [0.717, 1.165) is 5.57 Å². The van der Waals surface area contributed by atoms with Gasteiger partial charge in [0.25, 0.3) is 0 Å². The standard InChI is InChI=1S/C15H16O6/c1-7-5-14(2)10(12(17)20-4)8(11(16)19-3)9(7)15(6-21-15)13(14)18/h5,9H,6H2,1-4H3/t9-,14+,15+/m1/s1. The van der Waals surface area contributed by atoms with Crippen molar-refractivity contribution >= 4 is 17.7 Å². The molecular weight excluding hydrogens is 276 g/mol. The zero-order valence-electron chi connectivity index (χ0n) is 12.3. The van der Waals surface area contributed by atoms with Crippen LogP contribution in [0.2, 0.25) is 0 Å². The summed E-state index contributed by atoms with van der Waals surface area (Å²) in [4.78, 5) is 37.1. The third-order valence-corrected chi connectivity index (χ3v) is 4.62. The van der Waals surface area contributed by atoms with Gasteiger partial charge in [-0.2, -0.15) is 0 Å². The largest absolute Gasteiger partial charge is 0.466 e. The molecule has 0 amide bonds. The van der Waals surface area contributed by atoms with Crippen molar-refractivity contribution in [1.29, 1.82) is 0 Å². The van der Waals surface area contributed by atoms with Crippen LogP contribution in [0.15, 0.2) is 22.8 Å². The van der Waals surface area contributed by atoms with Gasteiger partial charge < -0.3 is 14.2 Å². The van der Waals surface area contributed by atoms with Crippen molar-refractivity contribution < 1.29 is 28.6 Å². The van der Waals surface area contributed by atoms with E-state index in [1.165, 1.54) is 14.2 Å². The van der Waals surface area contributed by atoms with Crippen LogP contribution in [0.5, 0.6) is 0 Å². The van der Waals surface area contributed by atoms with Gasteiger partial charge in [0, 0.05) is 0 Å².